The molecule has 0 aromatic carbocycles. The van der Waals surface area contributed by atoms with Crippen molar-refractivity contribution in [2.45, 2.75) is 45.6 Å². The molecule has 1 fully saturated rings. The number of aryl methyl sites for hydroxylation is 1. The normalized spacial score (nSPS) is 21.6. The molecule has 2 nitrogen and oxygen atoms in total. The van der Waals surface area contributed by atoms with E-state index >= 15 is 0 Å². The molecule has 0 amide bonds. The summed E-state index contributed by atoms with van der Waals surface area (Å²) in [5.41, 5.74) is 3.19. The highest BCUT2D eigenvalue weighted by molar-refractivity contribution is 7.09. The maximum Gasteiger partial charge on any atom is 0.0905 e. The van der Waals surface area contributed by atoms with E-state index in [1.54, 1.807) is 11.3 Å². The van der Waals surface area contributed by atoms with Gasteiger partial charge in [0.1, 0.15) is 0 Å². The largest absolute Gasteiger partial charge is 0.387 e. The Balaban J connectivity index is 2.02. The van der Waals surface area contributed by atoms with Crippen LogP contribution in [0.3, 0.4) is 0 Å². The molecule has 1 atom stereocenters. The number of aromatic nitrogens is 1. The van der Waals surface area contributed by atoms with E-state index in [2.05, 4.69) is 11.9 Å². The van der Waals surface area contributed by atoms with Crippen molar-refractivity contribution < 1.29 is 5.11 Å². The van der Waals surface area contributed by atoms with E-state index in [1.165, 1.54) is 19.3 Å². The minimum Gasteiger partial charge on any atom is -0.387 e. The first kappa shape index (κ1) is 10.1. The molecule has 0 saturated heterocycles. The maximum atomic E-state index is 10.1. The Kier molecular flexibility index (Phi) is 2.62. The van der Waals surface area contributed by atoms with Crippen LogP contribution < -0.4 is 0 Å². The van der Waals surface area contributed by atoms with Gasteiger partial charge in [0.15, 0.2) is 0 Å². The van der Waals surface area contributed by atoms with Crippen molar-refractivity contribution in [3.05, 3.63) is 16.1 Å². The first-order valence-electron chi connectivity index (χ1n) is 5.19. The van der Waals surface area contributed by atoms with Crippen LogP contribution in [0.15, 0.2) is 5.51 Å². The first-order chi connectivity index (χ1) is 6.61. The number of nitrogens with zero attached hydrogens (tertiary/aromatic N) is 1. The fourth-order valence-corrected chi connectivity index (χ4v) is 2.96. The molecule has 1 aromatic heterocycles. The summed E-state index contributed by atoms with van der Waals surface area (Å²) in [4.78, 5) is 5.22. The van der Waals surface area contributed by atoms with Crippen LogP contribution in [0.1, 0.15) is 49.3 Å². The summed E-state index contributed by atoms with van der Waals surface area (Å²) in [6, 6.07) is 0. The van der Waals surface area contributed by atoms with E-state index < -0.39 is 0 Å². The first-order valence-corrected chi connectivity index (χ1v) is 6.07. The van der Waals surface area contributed by atoms with Gasteiger partial charge in [0.25, 0.3) is 0 Å². The van der Waals surface area contributed by atoms with Gasteiger partial charge in [0, 0.05) is 0 Å². The zero-order valence-electron chi connectivity index (χ0n) is 8.79. The van der Waals surface area contributed by atoms with Crippen LogP contribution >= 0.6 is 11.3 Å². The lowest BCUT2D eigenvalue weighted by Crippen LogP contribution is -2.27. The number of hydrogen-bond acceptors (Lipinski definition) is 3. The van der Waals surface area contributed by atoms with Gasteiger partial charge in [-0.05, 0) is 31.6 Å². The molecule has 2 rings (SSSR count). The molecule has 0 aliphatic heterocycles. The molecule has 1 N–H and O–H groups in total. The molecule has 78 valence electrons. The summed E-state index contributed by atoms with van der Waals surface area (Å²) in [5, 5.41) is 10.1. The van der Waals surface area contributed by atoms with Gasteiger partial charge < -0.3 is 5.11 Å². The predicted octanol–water partition coefficient (Wildman–Crippen LogP) is 3.07. The molecule has 1 saturated carbocycles. The average Bonchev–Trinajstić information content (AvgIpc) is 2.48. The number of aliphatic hydroxyl groups is 1. The molecule has 1 aliphatic rings. The van der Waals surface area contributed by atoms with Gasteiger partial charge >= 0.3 is 0 Å². The fraction of sp³-hybridized carbons (Fsp3) is 0.727. The summed E-state index contributed by atoms with van der Waals surface area (Å²) in [6.45, 7) is 4.24. The van der Waals surface area contributed by atoms with Crippen LogP contribution in [0, 0.1) is 12.3 Å². The van der Waals surface area contributed by atoms with E-state index in [-0.39, 0.29) is 6.10 Å². The molecule has 0 bridgehead atoms. The smallest absolute Gasteiger partial charge is 0.0905 e. The number of thiazole rings is 1. The second kappa shape index (κ2) is 3.63. The van der Waals surface area contributed by atoms with E-state index in [1.807, 2.05) is 12.4 Å². The highest BCUT2D eigenvalue weighted by Gasteiger charge is 2.34. The summed E-state index contributed by atoms with van der Waals surface area (Å²) < 4.78 is 0. The Bertz CT molecular complexity index is 317. The second-order valence-corrected chi connectivity index (χ2v) is 5.57. The maximum absolute atomic E-state index is 10.1. The molecular formula is C11H17NOS. The highest BCUT2D eigenvalue weighted by atomic mass is 32.1. The summed E-state index contributed by atoms with van der Waals surface area (Å²) in [6.07, 6.45) is 4.46. The molecule has 1 heterocycles. The molecule has 14 heavy (non-hydrogen) atoms. The summed E-state index contributed by atoms with van der Waals surface area (Å²) in [7, 11) is 0. The molecule has 1 unspecified atom stereocenters. The van der Waals surface area contributed by atoms with Gasteiger partial charge in [-0.3, -0.25) is 0 Å². The van der Waals surface area contributed by atoms with Gasteiger partial charge in [0.2, 0.25) is 0 Å². The van der Waals surface area contributed by atoms with Crippen molar-refractivity contribution in [3.63, 3.8) is 0 Å². The second-order valence-electron chi connectivity index (χ2n) is 4.69. The highest BCUT2D eigenvalue weighted by Crippen LogP contribution is 2.47. The minimum atomic E-state index is -0.298. The lowest BCUT2D eigenvalue weighted by Gasteiger charge is -2.39. The Morgan fingerprint density at radius 2 is 2.36 bits per heavy atom. The molecule has 1 aromatic rings. The summed E-state index contributed by atoms with van der Waals surface area (Å²) in [5.74, 6) is 0. The lowest BCUT2D eigenvalue weighted by atomic mass is 9.67. The molecule has 3 heteroatoms. The zero-order chi connectivity index (χ0) is 10.2. The SMILES string of the molecule is Cc1ncsc1C(O)CC1(C)CCC1. The molecule has 0 radical (unpaired) electrons. The van der Waals surface area contributed by atoms with E-state index in [0.717, 1.165) is 17.0 Å². The van der Waals surface area contributed by atoms with Crippen LogP contribution in [0.5, 0.6) is 0 Å². The van der Waals surface area contributed by atoms with Gasteiger partial charge in [0.05, 0.1) is 22.2 Å². The molecule has 0 spiro atoms. The topological polar surface area (TPSA) is 33.1 Å². The number of hydrogen-bond donors (Lipinski definition) is 1. The van der Waals surface area contributed by atoms with Crippen LogP contribution in [0.4, 0.5) is 0 Å². The van der Waals surface area contributed by atoms with Gasteiger partial charge in [-0.1, -0.05) is 13.3 Å². The Hall–Kier alpha value is -0.410. The van der Waals surface area contributed by atoms with Crippen LogP contribution in [-0.4, -0.2) is 10.1 Å². The Morgan fingerprint density at radius 1 is 1.64 bits per heavy atom. The third kappa shape index (κ3) is 1.84. The van der Waals surface area contributed by atoms with Gasteiger partial charge in [-0.15, -0.1) is 11.3 Å². The van der Waals surface area contributed by atoms with Crippen molar-refractivity contribution in [2.75, 3.05) is 0 Å². The zero-order valence-corrected chi connectivity index (χ0v) is 9.60. The average molecular weight is 211 g/mol. The van der Waals surface area contributed by atoms with Crippen LogP contribution in [0.25, 0.3) is 0 Å². The number of rotatable bonds is 3. The van der Waals surface area contributed by atoms with Crippen molar-refractivity contribution in [3.8, 4) is 0 Å². The fourth-order valence-electron chi connectivity index (χ4n) is 2.17. The Morgan fingerprint density at radius 3 is 2.79 bits per heavy atom. The predicted molar refractivity (Wildman–Crippen MR) is 58.4 cm³/mol. The number of aliphatic hydroxyl groups excluding tert-OH is 1. The molecule has 1 aliphatic carbocycles. The molecular weight excluding hydrogens is 194 g/mol. The van der Waals surface area contributed by atoms with E-state index in [0.29, 0.717) is 5.41 Å². The van der Waals surface area contributed by atoms with Crippen molar-refractivity contribution in [2.24, 2.45) is 5.41 Å². The third-order valence-corrected chi connectivity index (χ3v) is 4.36. The van der Waals surface area contributed by atoms with Crippen molar-refractivity contribution in [1.29, 1.82) is 0 Å². The quantitative estimate of drug-likeness (QED) is 0.833. The summed E-state index contributed by atoms with van der Waals surface area (Å²) >= 11 is 1.57. The van der Waals surface area contributed by atoms with E-state index in [4.69, 9.17) is 0 Å². The van der Waals surface area contributed by atoms with Crippen LogP contribution in [0.2, 0.25) is 0 Å². The van der Waals surface area contributed by atoms with Crippen LogP contribution in [-0.2, 0) is 0 Å². The monoisotopic (exact) mass is 211 g/mol. The van der Waals surface area contributed by atoms with Gasteiger partial charge in [-0.25, -0.2) is 4.98 Å². The van der Waals surface area contributed by atoms with Crippen molar-refractivity contribution in [1.82, 2.24) is 4.98 Å². The van der Waals surface area contributed by atoms with E-state index in [9.17, 15) is 5.11 Å². The van der Waals surface area contributed by atoms with Crippen molar-refractivity contribution >= 4 is 11.3 Å². The lowest BCUT2D eigenvalue weighted by molar-refractivity contribution is 0.0561. The Labute approximate surface area is 89.0 Å². The minimum absolute atomic E-state index is 0.298. The standard InChI is InChI=1S/C11H17NOS/c1-8-10(14-7-12-8)9(13)6-11(2)4-3-5-11/h7,9,13H,3-6H2,1-2H3. The third-order valence-electron chi connectivity index (χ3n) is 3.33. The van der Waals surface area contributed by atoms with Gasteiger partial charge in [-0.2, -0.15) is 0 Å².